The van der Waals surface area contributed by atoms with E-state index in [4.69, 9.17) is 9.47 Å². The SMILES string of the molecule is CN1CC(c2ccc3c(c2Oc2ccccc2)NC(c2ccccc2)CO3)C2CCNC2C1=O. The number of nitrogens with zero attached hydrogens (tertiary/aromatic N) is 1. The van der Waals surface area contributed by atoms with Gasteiger partial charge in [0, 0.05) is 25.1 Å². The third-order valence-electron chi connectivity index (χ3n) is 7.34. The van der Waals surface area contributed by atoms with E-state index in [9.17, 15) is 4.79 Å². The van der Waals surface area contributed by atoms with Gasteiger partial charge in [0.15, 0.2) is 5.75 Å². The minimum absolute atomic E-state index is 0.0265. The Morgan fingerprint density at radius 3 is 2.56 bits per heavy atom. The van der Waals surface area contributed by atoms with Gasteiger partial charge in [-0.3, -0.25) is 4.79 Å². The average molecular weight is 456 g/mol. The lowest BCUT2D eigenvalue weighted by Crippen LogP contribution is -2.53. The Hall–Kier alpha value is -3.51. The molecule has 6 nitrogen and oxygen atoms in total. The minimum Gasteiger partial charge on any atom is -0.489 e. The molecule has 6 rings (SSSR count). The maximum Gasteiger partial charge on any atom is 0.239 e. The number of nitrogens with one attached hydrogen (secondary N) is 2. The maximum absolute atomic E-state index is 12.8. The second kappa shape index (κ2) is 8.69. The topological polar surface area (TPSA) is 62.8 Å². The molecule has 3 aromatic rings. The van der Waals surface area contributed by atoms with Crippen molar-refractivity contribution in [2.75, 3.05) is 32.1 Å². The van der Waals surface area contributed by atoms with E-state index in [1.165, 1.54) is 5.56 Å². The van der Waals surface area contributed by atoms with E-state index in [1.807, 2.05) is 66.5 Å². The fourth-order valence-corrected chi connectivity index (χ4v) is 5.61. The van der Waals surface area contributed by atoms with Crippen LogP contribution in [-0.2, 0) is 4.79 Å². The molecule has 0 aromatic heterocycles. The van der Waals surface area contributed by atoms with Gasteiger partial charge in [-0.25, -0.2) is 0 Å². The largest absolute Gasteiger partial charge is 0.489 e. The summed E-state index contributed by atoms with van der Waals surface area (Å²) in [4.78, 5) is 14.6. The van der Waals surface area contributed by atoms with Gasteiger partial charge in [0.2, 0.25) is 5.91 Å². The summed E-state index contributed by atoms with van der Waals surface area (Å²) in [5.74, 6) is 2.97. The van der Waals surface area contributed by atoms with Crippen molar-refractivity contribution in [1.82, 2.24) is 10.2 Å². The molecule has 2 saturated heterocycles. The van der Waals surface area contributed by atoms with Gasteiger partial charge in [-0.2, -0.15) is 0 Å². The minimum atomic E-state index is -0.134. The van der Waals surface area contributed by atoms with Crippen LogP contribution < -0.4 is 20.1 Å². The smallest absolute Gasteiger partial charge is 0.239 e. The first-order chi connectivity index (χ1) is 16.7. The zero-order valence-corrected chi connectivity index (χ0v) is 19.2. The molecule has 34 heavy (non-hydrogen) atoms. The molecule has 0 radical (unpaired) electrons. The quantitative estimate of drug-likeness (QED) is 0.604. The molecule has 0 saturated carbocycles. The highest BCUT2D eigenvalue weighted by Gasteiger charge is 2.46. The predicted molar refractivity (Wildman–Crippen MR) is 132 cm³/mol. The van der Waals surface area contributed by atoms with Crippen LogP contribution in [0.15, 0.2) is 72.8 Å². The van der Waals surface area contributed by atoms with E-state index in [1.54, 1.807) is 0 Å². The molecule has 3 aromatic carbocycles. The number of amides is 1. The van der Waals surface area contributed by atoms with Gasteiger partial charge in [0.1, 0.15) is 23.8 Å². The Bertz CT molecular complexity index is 1180. The monoisotopic (exact) mass is 455 g/mol. The number of piperidine rings is 1. The van der Waals surface area contributed by atoms with Crippen molar-refractivity contribution in [1.29, 1.82) is 0 Å². The average Bonchev–Trinajstić information content (AvgIpc) is 3.38. The van der Waals surface area contributed by atoms with Crippen LogP contribution in [0.3, 0.4) is 0 Å². The van der Waals surface area contributed by atoms with Crippen LogP contribution in [0.4, 0.5) is 5.69 Å². The summed E-state index contributed by atoms with van der Waals surface area (Å²) >= 11 is 0. The summed E-state index contributed by atoms with van der Waals surface area (Å²) < 4.78 is 12.8. The second-order valence-electron chi connectivity index (χ2n) is 9.40. The zero-order chi connectivity index (χ0) is 23.1. The second-order valence-corrected chi connectivity index (χ2v) is 9.40. The summed E-state index contributed by atoms with van der Waals surface area (Å²) in [6.45, 7) is 2.09. The van der Waals surface area contributed by atoms with Crippen LogP contribution in [0.5, 0.6) is 17.2 Å². The van der Waals surface area contributed by atoms with Gasteiger partial charge in [-0.1, -0.05) is 54.6 Å². The Balaban J connectivity index is 1.44. The van der Waals surface area contributed by atoms with Crippen LogP contribution in [0.25, 0.3) is 0 Å². The lowest BCUT2D eigenvalue weighted by molar-refractivity contribution is -0.136. The lowest BCUT2D eigenvalue weighted by Gasteiger charge is -2.40. The van der Waals surface area contributed by atoms with Crippen LogP contribution in [0, 0.1) is 5.92 Å². The molecular weight excluding hydrogens is 426 g/mol. The number of likely N-dealkylation sites (tertiary alicyclic amines) is 1. The van der Waals surface area contributed by atoms with Crippen molar-refractivity contribution < 1.29 is 14.3 Å². The molecule has 3 heterocycles. The molecule has 2 fully saturated rings. The van der Waals surface area contributed by atoms with E-state index in [2.05, 4.69) is 28.8 Å². The van der Waals surface area contributed by atoms with E-state index >= 15 is 0 Å². The maximum atomic E-state index is 12.8. The highest BCUT2D eigenvalue weighted by molar-refractivity contribution is 5.84. The fourth-order valence-electron chi connectivity index (χ4n) is 5.61. The highest BCUT2D eigenvalue weighted by atomic mass is 16.5. The molecule has 3 aliphatic rings. The Labute approximate surface area is 199 Å². The Morgan fingerprint density at radius 1 is 1.00 bits per heavy atom. The summed E-state index contributed by atoms with van der Waals surface area (Å²) in [6.07, 6.45) is 0.980. The van der Waals surface area contributed by atoms with Crippen LogP contribution in [0.2, 0.25) is 0 Å². The molecule has 3 aliphatic heterocycles. The first-order valence-electron chi connectivity index (χ1n) is 12.0. The van der Waals surface area contributed by atoms with Crippen molar-refractivity contribution in [2.45, 2.75) is 24.4 Å². The lowest BCUT2D eigenvalue weighted by atomic mass is 9.77. The molecule has 0 aliphatic carbocycles. The number of fused-ring (bicyclic) bond motifs is 2. The predicted octanol–water partition coefficient (Wildman–Crippen LogP) is 4.56. The van der Waals surface area contributed by atoms with E-state index < -0.39 is 0 Å². The van der Waals surface area contributed by atoms with Gasteiger partial charge in [0.25, 0.3) is 0 Å². The van der Waals surface area contributed by atoms with Crippen molar-refractivity contribution in [3.05, 3.63) is 83.9 Å². The van der Waals surface area contributed by atoms with Gasteiger partial charge in [-0.15, -0.1) is 0 Å². The Morgan fingerprint density at radius 2 is 1.76 bits per heavy atom. The van der Waals surface area contributed by atoms with E-state index in [0.29, 0.717) is 13.2 Å². The number of anilines is 1. The number of rotatable bonds is 4. The van der Waals surface area contributed by atoms with Gasteiger partial charge in [-0.05, 0) is 42.6 Å². The normalized spacial score (nSPS) is 25.7. The number of hydrogen-bond donors (Lipinski definition) is 2. The van der Waals surface area contributed by atoms with E-state index in [-0.39, 0.29) is 29.8 Å². The van der Waals surface area contributed by atoms with Crippen molar-refractivity contribution in [3.63, 3.8) is 0 Å². The van der Waals surface area contributed by atoms with Crippen LogP contribution in [0.1, 0.15) is 29.5 Å². The summed E-state index contributed by atoms with van der Waals surface area (Å²) in [7, 11) is 1.90. The number of ether oxygens (including phenoxy) is 2. The number of carbonyl (C=O) groups is 1. The third kappa shape index (κ3) is 3.68. The summed E-state index contributed by atoms with van der Waals surface area (Å²) in [5, 5.41) is 7.14. The van der Waals surface area contributed by atoms with Gasteiger partial charge < -0.3 is 25.0 Å². The molecule has 1 amide bonds. The molecule has 0 bridgehead atoms. The molecule has 4 atom stereocenters. The van der Waals surface area contributed by atoms with Gasteiger partial charge in [0.05, 0.1) is 12.1 Å². The van der Waals surface area contributed by atoms with Crippen molar-refractivity contribution in [3.8, 4) is 17.2 Å². The number of carbonyl (C=O) groups excluding carboxylic acids is 1. The molecular formula is C28H29N3O3. The first-order valence-corrected chi connectivity index (χ1v) is 12.0. The van der Waals surface area contributed by atoms with Crippen molar-refractivity contribution in [2.24, 2.45) is 5.92 Å². The molecule has 6 heteroatoms. The van der Waals surface area contributed by atoms with Gasteiger partial charge >= 0.3 is 0 Å². The standard InChI is InChI=1S/C28H29N3O3/c1-31-16-22(20-14-15-29-25(20)28(31)32)21-12-13-24-26(27(21)34-19-10-6-3-7-11-19)30-23(17-33-24)18-8-4-2-5-9-18/h2-13,20,22-23,25,29-30H,14-17H2,1H3. The summed E-state index contributed by atoms with van der Waals surface area (Å²) in [5.41, 5.74) is 3.17. The molecule has 2 N–H and O–H groups in total. The summed E-state index contributed by atoms with van der Waals surface area (Å²) in [6, 6.07) is 24.3. The molecule has 174 valence electrons. The first kappa shape index (κ1) is 21.1. The molecule has 4 unspecified atom stereocenters. The fraction of sp³-hybridized carbons (Fsp3) is 0.321. The molecule has 0 spiro atoms. The number of para-hydroxylation sites is 1. The van der Waals surface area contributed by atoms with Crippen molar-refractivity contribution >= 4 is 11.6 Å². The highest BCUT2D eigenvalue weighted by Crippen LogP contribution is 2.50. The van der Waals surface area contributed by atoms with Crippen LogP contribution >= 0.6 is 0 Å². The number of likely N-dealkylation sites (N-methyl/N-ethyl adjacent to an activating group) is 1. The third-order valence-corrected chi connectivity index (χ3v) is 7.34. The van der Waals surface area contributed by atoms with E-state index in [0.717, 1.165) is 41.5 Å². The number of hydrogen-bond acceptors (Lipinski definition) is 5. The number of benzene rings is 3. The van der Waals surface area contributed by atoms with Crippen LogP contribution in [-0.4, -0.2) is 43.6 Å². The Kier molecular flexibility index (Phi) is 5.38. The zero-order valence-electron chi connectivity index (χ0n) is 19.2.